The largest absolute Gasteiger partial charge is 0.345 e. The number of hydrogen-bond acceptors (Lipinski definition) is 7. The molecule has 12 heteroatoms. The van der Waals surface area contributed by atoms with Crippen molar-refractivity contribution in [2.45, 2.75) is 69.9 Å². The molecule has 3 aromatic rings. The van der Waals surface area contributed by atoms with Gasteiger partial charge in [0.05, 0.1) is 22.3 Å². The van der Waals surface area contributed by atoms with E-state index >= 15 is 0 Å². The summed E-state index contributed by atoms with van der Waals surface area (Å²) >= 11 is 0. The van der Waals surface area contributed by atoms with Crippen LogP contribution in [0.25, 0.3) is 10.8 Å². The van der Waals surface area contributed by atoms with E-state index < -0.39 is 32.1 Å². The molecule has 0 aliphatic heterocycles. The molecule has 0 bridgehead atoms. The van der Waals surface area contributed by atoms with Gasteiger partial charge in [-0.3, -0.25) is 14.8 Å². The lowest BCUT2D eigenvalue weighted by molar-refractivity contribution is 0.0935. The average Bonchev–Trinajstić information content (AvgIpc) is 3.70. The quantitative estimate of drug-likeness (QED) is 0.303. The van der Waals surface area contributed by atoms with Crippen molar-refractivity contribution in [1.29, 1.82) is 0 Å². The van der Waals surface area contributed by atoms with Crippen LogP contribution in [0.15, 0.2) is 47.8 Å². The SMILES string of the molecule is CC(C)CNS(=O)(=O)c1cc2c(c3cnc(C4CC4)cc13)[C@H](NS(=O)(=O)CC(C)C)C[C@H]2NC(=O)c1cccnc1. The van der Waals surface area contributed by atoms with Gasteiger partial charge in [-0.25, -0.2) is 26.3 Å². The number of nitrogens with zero attached hydrogens (tertiary/aromatic N) is 2. The fraction of sp³-hybridized carbons (Fsp3) is 0.483. The van der Waals surface area contributed by atoms with Crippen molar-refractivity contribution in [1.82, 2.24) is 24.7 Å². The summed E-state index contributed by atoms with van der Waals surface area (Å²) in [4.78, 5) is 21.9. The second-order valence-electron chi connectivity index (χ2n) is 11.9. The van der Waals surface area contributed by atoms with Gasteiger partial charge in [0.15, 0.2) is 0 Å². The molecule has 2 atom stereocenters. The fourth-order valence-corrected chi connectivity index (χ4v) is 8.44. The normalized spacial score (nSPS) is 19.2. The monoisotopic (exact) mass is 599 g/mol. The van der Waals surface area contributed by atoms with E-state index in [0.717, 1.165) is 18.5 Å². The van der Waals surface area contributed by atoms with Gasteiger partial charge in [0.1, 0.15) is 0 Å². The highest BCUT2D eigenvalue weighted by atomic mass is 32.2. The summed E-state index contributed by atoms with van der Waals surface area (Å²) in [7, 11) is -7.61. The Morgan fingerprint density at radius 2 is 1.76 bits per heavy atom. The Bertz CT molecular complexity index is 1670. The van der Waals surface area contributed by atoms with Crippen molar-refractivity contribution >= 4 is 36.7 Å². The van der Waals surface area contributed by atoms with Crippen LogP contribution in [0.1, 0.15) is 92.1 Å². The van der Waals surface area contributed by atoms with Gasteiger partial charge in [0, 0.05) is 53.6 Å². The highest BCUT2D eigenvalue weighted by Crippen LogP contribution is 2.47. The smallest absolute Gasteiger partial charge is 0.253 e. The number of benzene rings is 1. The standard InChI is InChI=1S/C29H37N5O5S2/c1-17(2)13-32-41(38,39)27-11-22-25(33-29(35)20-6-5-9-30-14-20)12-26(34-40(36,37)16-18(3)4)28(22)23-15-31-24(10-21(23)27)19-7-8-19/h5-6,9-11,14-15,17-19,25-26,32,34H,7-8,12-13,16H2,1-4H3,(H,33,35)/t25-,26-/m1/s1. The predicted octanol–water partition coefficient (Wildman–Crippen LogP) is 3.93. The number of sulfonamides is 2. The van der Waals surface area contributed by atoms with Gasteiger partial charge in [-0.15, -0.1) is 0 Å². The van der Waals surface area contributed by atoms with Crippen LogP contribution >= 0.6 is 0 Å². The maximum atomic E-state index is 13.7. The maximum absolute atomic E-state index is 13.7. The Balaban J connectivity index is 1.67. The highest BCUT2D eigenvalue weighted by molar-refractivity contribution is 7.90. The number of rotatable bonds is 11. The minimum atomic E-state index is -3.94. The lowest BCUT2D eigenvalue weighted by Gasteiger charge is -2.19. The number of pyridine rings is 2. The van der Waals surface area contributed by atoms with E-state index in [-0.39, 0.29) is 41.4 Å². The fourth-order valence-electron chi connectivity index (χ4n) is 5.36. The Hall–Kier alpha value is -2.93. The van der Waals surface area contributed by atoms with E-state index in [1.807, 2.05) is 33.8 Å². The molecule has 1 amide bonds. The Kier molecular flexibility index (Phi) is 8.21. The topological polar surface area (TPSA) is 147 Å². The molecule has 0 unspecified atom stereocenters. The van der Waals surface area contributed by atoms with Crippen molar-refractivity contribution in [3.8, 4) is 0 Å². The van der Waals surface area contributed by atoms with Gasteiger partial charge >= 0.3 is 0 Å². The van der Waals surface area contributed by atoms with Crippen LogP contribution in [0.2, 0.25) is 0 Å². The lowest BCUT2D eigenvalue weighted by atomic mass is 9.99. The van der Waals surface area contributed by atoms with Crippen LogP contribution in [0.4, 0.5) is 0 Å². The molecule has 220 valence electrons. The molecule has 2 aromatic heterocycles. The first-order valence-corrected chi connectivity index (χ1v) is 17.1. The lowest BCUT2D eigenvalue weighted by Crippen LogP contribution is -2.32. The molecule has 10 nitrogen and oxygen atoms in total. The number of fused-ring (bicyclic) bond motifs is 3. The van der Waals surface area contributed by atoms with Crippen LogP contribution in [-0.4, -0.2) is 45.0 Å². The number of aromatic nitrogens is 2. The summed E-state index contributed by atoms with van der Waals surface area (Å²) < 4.78 is 59.1. The van der Waals surface area contributed by atoms with Gasteiger partial charge in [-0.1, -0.05) is 27.7 Å². The van der Waals surface area contributed by atoms with Crippen molar-refractivity contribution in [3.63, 3.8) is 0 Å². The summed E-state index contributed by atoms with van der Waals surface area (Å²) in [5, 5.41) is 4.06. The number of nitrogens with one attached hydrogen (secondary N) is 3. The van der Waals surface area contributed by atoms with Gasteiger partial charge in [-0.05, 0) is 66.5 Å². The molecule has 1 aromatic carbocycles. The first-order chi connectivity index (χ1) is 19.3. The summed E-state index contributed by atoms with van der Waals surface area (Å²) in [5.74, 6) is -0.143. The van der Waals surface area contributed by atoms with Gasteiger partial charge < -0.3 is 5.32 Å². The molecule has 5 rings (SSSR count). The molecule has 0 spiro atoms. The molecular weight excluding hydrogens is 562 g/mol. The van der Waals surface area contributed by atoms with Gasteiger partial charge in [-0.2, -0.15) is 0 Å². The first-order valence-electron chi connectivity index (χ1n) is 14.0. The van der Waals surface area contributed by atoms with E-state index in [1.54, 1.807) is 30.6 Å². The van der Waals surface area contributed by atoms with Crippen LogP contribution in [0.3, 0.4) is 0 Å². The number of carbonyl (C=O) groups excluding carboxylic acids is 1. The van der Waals surface area contributed by atoms with E-state index in [9.17, 15) is 21.6 Å². The predicted molar refractivity (Wildman–Crippen MR) is 157 cm³/mol. The Labute approximate surface area is 241 Å². The van der Waals surface area contributed by atoms with Crippen LogP contribution in [0.5, 0.6) is 0 Å². The summed E-state index contributed by atoms with van der Waals surface area (Å²) in [6.07, 6.45) is 6.90. The van der Waals surface area contributed by atoms with E-state index in [2.05, 4.69) is 24.7 Å². The summed E-state index contributed by atoms with van der Waals surface area (Å²) in [6, 6.07) is 5.40. The molecule has 2 heterocycles. The molecule has 41 heavy (non-hydrogen) atoms. The van der Waals surface area contributed by atoms with Crippen molar-refractivity contribution in [2.75, 3.05) is 12.3 Å². The maximum Gasteiger partial charge on any atom is 0.253 e. The van der Waals surface area contributed by atoms with Gasteiger partial charge in [0.2, 0.25) is 20.0 Å². The molecule has 0 radical (unpaired) electrons. The van der Waals surface area contributed by atoms with Crippen molar-refractivity contribution in [3.05, 3.63) is 65.2 Å². The number of carbonyl (C=O) groups is 1. The zero-order valence-corrected chi connectivity index (χ0v) is 25.3. The second kappa shape index (κ2) is 11.4. The first kappa shape index (κ1) is 29.6. The molecule has 0 saturated heterocycles. The molecule has 3 N–H and O–H groups in total. The minimum Gasteiger partial charge on any atom is -0.345 e. The molecule has 1 fully saturated rings. The number of amides is 1. The molecule has 1 saturated carbocycles. The van der Waals surface area contributed by atoms with Crippen molar-refractivity contribution in [2.24, 2.45) is 11.8 Å². The van der Waals surface area contributed by atoms with Crippen molar-refractivity contribution < 1.29 is 21.6 Å². The van der Waals surface area contributed by atoms with Gasteiger partial charge in [0.25, 0.3) is 5.91 Å². The molecular formula is C29H37N5O5S2. The zero-order chi connectivity index (χ0) is 29.5. The third kappa shape index (κ3) is 6.61. The van der Waals surface area contributed by atoms with E-state index in [1.165, 1.54) is 6.20 Å². The van der Waals surface area contributed by atoms with Crippen LogP contribution < -0.4 is 14.8 Å². The van der Waals surface area contributed by atoms with E-state index in [0.29, 0.717) is 33.4 Å². The third-order valence-electron chi connectivity index (χ3n) is 7.34. The Morgan fingerprint density at radius 1 is 1.00 bits per heavy atom. The minimum absolute atomic E-state index is 0.0564. The summed E-state index contributed by atoms with van der Waals surface area (Å²) in [5.41, 5.74) is 2.37. The highest BCUT2D eigenvalue weighted by Gasteiger charge is 2.38. The third-order valence-corrected chi connectivity index (χ3v) is 10.6. The van der Waals surface area contributed by atoms with E-state index in [4.69, 9.17) is 0 Å². The number of hydrogen-bond donors (Lipinski definition) is 3. The average molecular weight is 600 g/mol. The zero-order valence-electron chi connectivity index (χ0n) is 23.7. The second-order valence-corrected chi connectivity index (χ2v) is 15.4. The van der Waals surface area contributed by atoms with Crippen LogP contribution in [-0.2, 0) is 20.0 Å². The molecule has 2 aliphatic rings. The Morgan fingerprint density at radius 3 is 2.39 bits per heavy atom. The van der Waals surface area contributed by atoms with Crippen LogP contribution in [0, 0.1) is 11.8 Å². The summed E-state index contributed by atoms with van der Waals surface area (Å²) in [6.45, 7) is 7.78. The molecule has 2 aliphatic carbocycles.